The highest BCUT2D eigenvalue weighted by atomic mass is 32.1. The van der Waals surface area contributed by atoms with Crippen molar-refractivity contribution in [2.75, 3.05) is 18.4 Å². The number of benzene rings is 1. The molecular weight excluding hydrogens is 398 g/mol. The molecule has 1 atom stereocenters. The second kappa shape index (κ2) is 7.68. The summed E-state index contributed by atoms with van der Waals surface area (Å²) < 4.78 is 1.95. The minimum atomic E-state index is -0.239. The maximum absolute atomic E-state index is 12.8. The lowest BCUT2D eigenvalue weighted by Gasteiger charge is -2.27. The highest BCUT2D eigenvalue weighted by Crippen LogP contribution is 2.41. The number of anilines is 1. The van der Waals surface area contributed by atoms with E-state index < -0.39 is 0 Å². The number of hydrogen-bond acceptors (Lipinski definition) is 5. The molecule has 2 aromatic heterocycles. The molecule has 4 heterocycles. The minimum Gasteiger partial charge on any atom is -0.338 e. The standard InChI is InChI=1S/C22H23N5O2S/c28-20(23-17-4-2-1-3-5-17)19-25-24-18-6-8-22(10-12-27(18)19)9-11-26(15-22)21(29)16-7-13-30-14-16/h1-5,7,13-14H,6,8-12,15H2,(H,23,28)/t22-/m1/s1. The zero-order valence-corrected chi connectivity index (χ0v) is 17.4. The van der Waals surface area contributed by atoms with Crippen LogP contribution in [0.1, 0.15) is 46.1 Å². The van der Waals surface area contributed by atoms with Gasteiger partial charge in [0.15, 0.2) is 0 Å². The Hall–Kier alpha value is -3.00. The van der Waals surface area contributed by atoms with E-state index >= 15 is 0 Å². The lowest BCUT2D eigenvalue weighted by Crippen LogP contribution is -2.32. The molecule has 154 valence electrons. The van der Waals surface area contributed by atoms with E-state index in [0.29, 0.717) is 12.4 Å². The number of fused-ring (bicyclic) bond motifs is 1. The largest absolute Gasteiger partial charge is 0.338 e. The second-order valence-corrected chi connectivity index (χ2v) is 8.93. The van der Waals surface area contributed by atoms with Crippen molar-refractivity contribution in [2.45, 2.75) is 32.2 Å². The summed E-state index contributed by atoms with van der Waals surface area (Å²) in [5.74, 6) is 1.10. The average molecular weight is 422 g/mol. The van der Waals surface area contributed by atoms with Crippen LogP contribution >= 0.6 is 11.3 Å². The maximum atomic E-state index is 12.8. The van der Waals surface area contributed by atoms with Crippen LogP contribution in [0.4, 0.5) is 5.69 Å². The number of likely N-dealkylation sites (tertiary alicyclic amines) is 1. The predicted octanol–water partition coefficient (Wildman–Crippen LogP) is 3.46. The fourth-order valence-electron chi connectivity index (χ4n) is 4.57. The van der Waals surface area contributed by atoms with Gasteiger partial charge in [0.25, 0.3) is 11.8 Å². The minimum absolute atomic E-state index is 0.0829. The molecule has 1 spiro atoms. The molecule has 1 aromatic carbocycles. The molecule has 30 heavy (non-hydrogen) atoms. The first kappa shape index (κ1) is 19.0. The molecule has 0 bridgehead atoms. The molecular formula is C22H23N5O2S. The highest BCUT2D eigenvalue weighted by molar-refractivity contribution is 7.08. The summed E-state index contributed by atoms with van der Waals surface area (Å²) in [6.07, 6.45) is 3.63. The summed E-state index contributed by atoms with van der Waals surface area (Å²) in [6.45, 7) is 2.25. The van der Waals surface area contributed by atoms with Crippen molar-refractivity contribution in [3.05, 3.63) is 64.4 Å². The Morgan fingerprint density at radius 3 is 2.67 bits per heavy atom. The number of carbonyl (C=O) groups is 2. The van der Waals surface area contributed by atoms with Crippen LogP contribution in [0.2, 0.25) is 0 Å². The number of nitrogens with zero attached hydrogens (tertiary/aromatic N) is 4. The van der Waals surface area contributed by atoms with Gasteiger partial charge in [-0.2, -0.15) is 11.3 Å². The van der Waals surface area contributed by atoms with Gasteiger partial charge in [-0.15, -0.1) is 10.2 Å². The quantitative estimate of drug-likeness (QED) is 0.702. The summed E-state index contributed by atoms with van der Waals surface area (Å²) in [6, 6.07) is 11.3. The Balaban J connectivity index is 1.29. The summed E-state index contributed by atoms with van der Waals surface area (Å²) in [4.78, 5) is 27.5. The Kier molecular flexibility index (Phi) is 4.86. The monoisotopic (exact) mass is 421 g/mol. The van der Waals surface area contributed by atoms with Crippen LogP contribution in [0.3, 0.4) is 0 Å². The highest BCUT2D eigenvalue weighted by Gasteiger charge is 2.41. The normalized spacial score (nSPS) is 20.7. The first-order chi connectivity index (χ1) is 14.6. The zero-order valence-electron chi connectivity index (χ0n) is 16.6. The predicted molar refractivity (Wildman–Crippen MR) is 115 cm³/mol. The van der Waals surface area contributed by atoms with Crippen LogP contribution < -0.4 is 5.32 Å². The molecule has 1 saturated heterocycles. The average Bonchev–Trinajstić information content (AvgIpc) is 3.49. The molecule has 7 nitrogen and oxygen atoms in total. The molecule has 2 aliphatic rings. The van der Waals surface area contributed by atoms with E-state index in [9.17, 15) is 9.59 Å². The van der Waals surface area contributed by atoms with Crippen LogP contribution in [0.5, 0.6) is 0 Å². The topological polar surface area (TPSA) is 80.1 Å². The number of thiophene rings is 1. The van der Waals surface area contributed by atoms with E-state index in [2.05, 4.69) is 15.5 Å². The van der Waals surface area contributed by atoms with Crippen LogP contribution in [0.15, 0.2) is 47.2 Å². The van der Waals surface area contributed by atoms with Crippen LogP contribution in [0.25, 0.3) is 0 Å². The Labute approximate surface area is 178 Å². The molecule has 2 aliphatic heterocycles. The van der Waals surface area contributed by atoms with Crippen LogP contribution in [-0.4, -0.2) is 44.6 Å². The van der Waals surface area contributed by atoms with Gasteiger partial charge in [0.05, 0.1) is 5.56 Å². The van der Waals surface area contributed by atoms with Crippen molar-refractivity contribution >= 4 is 28.8 Å². The van der Waals surface area contributed by atoms with Gasteiger partial charge >= 0.3 is 0 Å². The molecule has 5 rings (SSSR count). The SMILES string of the molecule is O=C(Nc1ccccc1)c1nnc2n1CC[C@@]1(CC2)CCN(C(=O)c2ccsc2)C1. The number of para-hydroxylation sites is 1. The summed E-state index contributed by atoms with van der Waals surface area (Å²) in [7, 11) is 0. The molecule has 2 amide bonds. The Morgan fingerprint density at radius 2 is 1.87 bits per heavy atom. The van der Waals surface area contributed by atoms with E-state index in [-0.39, 0.29) is 17.2 Å². The van der Waals surface area contributed by atoms with Crippen molar-refractivity contribution in [2.24, 2.45) is 5.41 Å². The van der Waals surface area contributed by atoms with Gasteiger partial charge < -0.3 is 14.8 Å². The van der Waals surface area contributed by atoms with E-state index in [1.807, 2.05) is 56.6 Å². The van der Waals surface area contributed by atoms with Gasteiger partial charge in [0.2, 0.25) is 5.82 Å². The molecule has 1 fully saturated rings. The molecule has 0 unspecified atom stereocenters. The number of amides is 2. The van der Waals surface area contributed by atoms with Crippen molar-refractivity contribution in [3.8, 4) is 0 Å². The van der Waals surface area contributed by atoms with Gasteiger partial charge in [-0.05, 0) is 48.3 Å². The zero-order chi connectivity index (χ0) is 20.6. The Morgan fingerprint density at radius 1 is 1.03 bits per heavy atom. The number of aryl methyl sites for hydroxylation is 1. The van der Waals surface area contributed by atoms with Gasteiger partial charge in [-0.1, -0.05) is 18.2 Å². The maximum Gasteiger partial charge on any atom is 0.293 e. The smallest absolute Gasteiger partial charge is 0.293 e. The Bertz CT molecular complexity index is 1060. The van der Waals surface area contributed by atoms with Gasteiger partial charge in [-0.3, -0.25) is 9.59 Å². The summed E-state index contributed by atoms with van der Waals surface area (Å²) >= 11 is 1.55. The van der Waals surface area contributed by atoms with E-state index in [4.69, 9.17) is 0 Å². The van der Waals surface area contributed by atoms with E-state index in [0.717, 1.165) is 55.8 Å². The van der Waals surface area contributed by atoms with Gasteiger partial charge in [-0.25, -0.2) is 0 Å². The fourth-order valence-corrected chi connectivity index (χ4v) is 5.20. The van der Waals surface area contributed by atoms with Crippen LogP contribution in [-0.2, 0) is 13.0 Å². The van der Waals surface area contributed by atoms with Gasteiger partial charge in [0, 0.05) is 37.1 Å². The number of aromatic nitrogens is 3. The molecule has 3 aromatic rings. The number of rotatable bonds is 3. The third kappa shape index (κ3) is 3.52. The fraction of sp³-hybridized carbons (Fsp3) is 0.364. The third-order valence-electron chi connectivity index (χ3n) is 6.30. The lowest BCUT2D eigenvalue weighted by molar-refractivity contribution is 0.0767. The molecule has 1 N–H and O–H groups in total. The number of carbonyl (C=O) groups excluding carboxylic acids is 2. The third-order valence-corrected chi connectivity index (χ3v) is 6.98. The van der Waals surface area contributed by atoms with E-state index in [1.54, 1.807) is 11.3 Å². The first-order valence-corrected chi connectivity index (χ1v) is 11.2. The molecule has 8 heteroatoms. The summed E-state index contributed by atoms with van der Waals surface area (Å²) in [5.41, 5.74) is 1.60. The van der Waals surface area contributed by atoms with Crippen LogP contribution in [0, 0.1) is 5.41 Å². The van der Waals surface area contributed by atoms with E-state index in [1.165, 1.54) is 0 Å². The molecule has 0 saturated carbocycles. The van der Waals surface area contributed by atoms with Crippen molar-refractivity contribution in [1.82, 2.24) is 19.7 Å². The van der Waals surface area contributed by atoms with Gasteiger partial charge in [0.1, 0.15) is 5.82 Å². The molecule has 0 aliphatic carbocycles. The number of hydrogen-bond donors (Lipinski definition) is 1. The van der Waals surface area contributed by atoms with Crippen molar-refractivity contribution in [3.63, 3.8) is 0 Å². The lowest BCUT2D eigenvalue weighted by atomic mass is 9.80. The number of nitrogens with one attached hydrogen (secondary N) is 1. The first-order valence-electron chi connectivity index (χ1n) is 10.2. The second-order valence-electron chi connectivity index (χ2n) is 8.15. The van der Waals surface area contributed by atoms with Crippen molar-refractivity contribution in [1.29, 1.82) is 0 Å². The molecule has 0 radical (unpaired) electrons. The summed E-state index contributed by atoms with van der Waals surface area (Å²) in [5, 5.41) is 15.2. The van der Waals surface area contributed by atoms with Crippen molar-refractivity contribution < 1.29 is 9.59 Å².